The number of carbonyl (C=O) groups excluding carboxylic acids is 1. The molecule has 0 fully saturated rings. The number of nitrogens with one attached hydrogen (secondary N) is 2. The van der Waals surface area contributed by atoms with Crippen LogP contribution in [0.3, 0.4) is 0 Å². The van der Waals surface area contributed by atoms with Gasteiger partial charge in [0.15, 0.2) is 11.7 Å². The summed E-state index contributed by atoms with van der Waals surface area (Å²) in [7, 11) is 0. The second-order valence-corrected chi connectivity index (χ2v) is 8.42. The predicted octanol–water partition coefficient (Wildman–Crippen LogP) is 5.80. The number of benzene rings is 2. The lowest BCUT2D eigenvalue weighted by Gasteiger charge is -2.33. The van der Waals surface area contributed by atoms with Crippen LogP contribution in [0, 0.1) is 0 Å². The molecule has 0 bridgehead atoms. The molecule has 2 N–H and O–H groups in total. The van der Waals surface area contributed by atoms with Gasteiger partial charge in [0.2, 0.25) is 0 Å². The molecule has 0 unspecified atom stereocenters. The zero-order valence-electron chi connectivity index (χ0n) is 16.5. The molecule has 0 spiro atoms. The Labute approximate surface area is 185 Å². The number of alkyl halides is 3. The van der Waals surface area contributed by atoms with Crippen LogP contribution in [0.25, 0.3) is 0 Å². The van der Waals surface area contributed by atoms with E-state index in [0.717, 1.165) is 20.3 Å². The fourth-order valence-electron chi connectivity index (χ4n) is 3.69. The Kier molecular flexibility index (Phi) is 5.79. The van der Waals surface area contributed by atoms with Crippen LogP contribution < -0.4 is 10.6 Å². The van der Waals surface area contributed by atoms with Crippen LogP contribution in [0.5, 0.6) is 0 Å². The summed E-state index contributed by atoms with van der Waals surface area (Å²) in [6.45, 7) is 1.81. The van der Waals surface area contributed by atoms with Crippen LogP contribution in [-0.2, 0) is 0 Å². The van der Waals surface area contributed by atoms with Crippen LogP contribution in [0.1, 0.15) is 53.1 Å². The number of carbonyl (C=O) groups is 1. The second-order valence-electron chi connectivity index (χ2n) is 7.51. The smallest absolute Gasteiger partial charge is 0.363 e. The first-order chi connectivity index (χ1) is 14.7. The Bertz CT molecular complexity index is 1070. The van der Waals surface area contributed by atoms with Gasteiger partial charge in [-0.3, -0.25) is 4.79 Å². The molecule has 9 heteroatoms. The van der Waals surface area contributed by atoms with Crippen molar-refractivity contribution in [1.29, 1.82) is 0 Å². The summed E-state index contributed by atoms with van der Waals surface area (Å²) >= 11 is 3.34. The maximum absolute atomic E-state index is 13.8. The van der Waals surface area contributed by atoms with E-state index in [0.29, 0.717) is 0 Å². The zero-order valence-corrected chi connectivity index (χ0v) is 18.1. The number of hydrogen-bond acceptors (Lipinski definition) is 3. The Morgan fingerprint density at radius 2 is 1.87 bits per heavy atom. The zero-order chi connectivity index (χ0) is 22.2. The van der Waals surface area contributed by atoms with Gasteiger partial charge in [0.05, 0.1) is 12.1 Å². The molecule has 0 aliphatic carbocycles. The molecule has 2 heterocycles. The first kappa shape index (κ1) is 21.4. The third kappa shape index (κ3) is 4.61. The highest BCUT2D eigenvalue weighted by atomic mass is 79.9. The summed E-state index contributed by atoms with van der Waals surface area (Å²) in [6.07, 6.45) is -4.72. The van der Waals surface area contributed by atoms with Gasteiger partial charge >= 0.3 is 6.18 Å². The third-order valence-corrected chi connectivity index (χ3v) is 5.87. The van der Waals surface area contributed by atoms with Gasteiger partial charge in [-0.15, -0.1) is 0 Å². The molecule has 0 saturated carbocycles. The molecule has 1 aliphatic rings. The minimum Gasteiger partial charge on any atom is -0.363 e. The molecule has 2 aromatic carbocycles. The van der Waals surface area contributed by atoms with Crippen molar-refractivity contribution in [3.63, 3.8) is 0 Å². The summed E-state index contributed by atoms with van der Waals surface area (Å²) in [5.41, 5.74) is 1.56. The fraction of sp³-hybridized carbons (Fsp3) is 0.273. The third-order valence-electron chi connectivity index (χ3n) is 5.34. The van der Waals surface area contributed by atoms with Crippen LogP contribution >= 0.6 is 15.9 Å². The number of anilines is 1. The molecule has 0 radical (unpaired) electrons. The Hall–Kier alpha value is -2.81. The largest absolute Gasteiger partial charge is 0.410 e. The monoisotopic (exact) mass is 492 g/mol. The molecule has 1 aliphatic heterocycles. The summed E-state index contributed by atoms with van der Waals surface area (Å²) in [4.78, 5) is 12.7. The molecule has 1 aromatic heterocycles. The molecule has 1 amide bonds. The lowest BCUT2D eigenvalue weighted by Crippen LogP contribution is -2.35. The lowest BCUT2D eigenvalue weighted by molar-refractivity contribution is -0.173. The standard InChI is InChI=1S/C22H20BrF3N4O/c1-13(14-5-3-2-4-6-14)27-21(31)18-12-20-28-17(15-7-9-16(23)10-8-15)11-19(22(24,25)26)30(20)29-18/h2-10,12-13,17,19,28H,11H2,1H3,(H,27,31)/t13-,17+,19+/m0/s1. The Balaban J connectivity index is 1.60. The summed E-state index contributed by atoms with van der Waals surface area (Å²) in [5, 5.41) is 9.90. The minimum absolute atomic E-state index is 0.0593. The van der Waals surface area contributed by atoms with Gasteiger partial charge in [-0.1, -0.05) is 58.4 Å². The molecular formula is C22H20BrF3N4O. The first-order valence-corrected chi connectivity index (χ1v) is 10.6. The number of amides is 1. The van der Waals surface area contributed by atoms with E-state index in [-0.39, 0.29) is 24.0 Å². The molecular weight excluding hydrogens is 473 g/mol. The molecule has 5 nitrogen and oxygen atoms in total. The highest BCUT2D eigenvalue weighted by Crippen LogP contribution is 2.43. The van der Waals surface area contributed by atoms with Gasteiger partial charge in [-0.05, 0) is 30.2 Å². The quantitative estimate of drug-likeness (QED) is 0.484. The van der Waals surface area contributed by atoms with Crippen molar-refractivity contribution in [2.75, 3.05) is 5.32 Å². The molecule has 162 valence electrons. The number of aromatic nitrogens is 2. The second kappa shape index (κ2) is 8.37. The molecule has 4 rings (SSSR count). The topological polar surface area (TPSA) is 59.0 Å². The Morgan fingerprint density at radius 3 is 2.52 bits per heavy atom. The fourth-order valence-corrected chi connectivity index (χ4v) is 3.96. The number of nitrogens with zero attached hydrogens (tertiary/aromatic N) is 2. The van der Waals surface area contributed by atoms with Gasteiger partial charge in [-0.25, -0.2) is 4.68 Å². The van der Waals surface area contributed by atoms with E-state index < -0.39 is 24.2 Å². The number of fused-ring (bicyclic) bond motifs is 1. The maximum atomic E-state index is 13.8. The van der Waals surface area contributed by atoms with E-state index in [1.807, 2.05) is 37.3 Å². The number of hydrogen-bond donors (Lipinski definition) is 2. The highest BCUT2D eigenvalue weighted by Gasteiger charge is 2.46. The van der Waals surface area contributed by atoms with Gasteiger partial charge in [0.1, 0.15) is 5.82 Å². The van der Waals surface area contributed by atoms with Gasteiger partial charge in [0, 0.05) is 17.0 Å². The van der Waals surface area contributed by atoms with E-state index >= 15 is 0 Å². The van der Waals surface area contributed by atoms with E-state index in [1.165, 1.54) is 6.07 Å². The number of rotatable bonds is 4. The molecule has 0 saturated heterocycles. The van der Waals surface area contributed by atoms with E-state index in [1.54, 1.807) is 24.3 Å². The maximum Gasteiger partial charge on any atom is 0.410 e. The average molecular weight is 493 g/mol. The van der Waals surface area contributed by atoms with E-state index in [4.69, 9.17) is 0 Å². The highest BCUT2D eigenvalue weighted by molar-refractivity contribution is 9.10. The number of halogens is 4. The average Bonchev–Trinajstić information content (AvgIpc) is 3.17. The SMILES string of the molecule is C[C@H](NC(=O)c1cc2n(n1)[C@@H](C(F)(F)F)C[C@H](c1ccc(Br)cc1)N2)c1ccccc1. The molecule has 3 aromatic rings. The van der Waals surface area contributed by atoms with Crippen molar-refractivity contribution in [2.24, 2.45) is 0 Å². The van der Waals surface area contributed by atoms with Gasteiger partial charge in [0.25, 0.3) is 5.91 Å². The minimum atomic E-state index is -4.50. The van der Waals surface area contributed by atoms with E-state index in [9.17, 15) is 18.0 Å². The normalized spacial score (nSPS) is 19.3. The van der Waals surface area contributed by atoms with Crippen LogP contribution in [-0.4, -0.2) is 21.9 Å². The van der Waals surface area contributed by atoms with Crippen LogP contribution in [0.4, 0.5) is 19.0 Å². The summed E-state index contributed by atoms with van der Waals surface area (Å²) in [5.74, 6) is -0.361. The first-order valence-electron chi connectivity index (χ1n) is 9.76. The van der Waals surface area contributed by atoms with E-state index in [2.05, 4.69) is 31.7 Å². The molecule has 31 heavy (non-hydrogen) atoms. The van der Waals surface area contributed by atoms with Crippen LogP contribution in [0.15, 0.2) is 65.1 Å². The van der Waals surface area contributed by atoms with Crippen molar-refractivity contribution in [3.8, 4) is 0 Å². The summed E-state index contributed by atoms with van der Waals surface area (Å²) in [6, 6.07) is 15.1. The van der Waals surface area contributed by atoms with Crippen molar-refractivity contribution in [2.45, 2.75) is 37.6 Å². The van der Waals surface area contributed by atoms with Crippen molar-refractivity contribution in [3.05, 3.63) is 82.0 Å². The van der Waals surface area contributed by atoms with Crippen molar-refractivity contribution >= 4 is 27.7 Å². The lowest BCUT2D eigenvalue weighted by atomic mass is 9.97. The molecule has 3 atom stereocenters. The Morgan fingerprint density at radius 1 is 1.19 bits per heavy atom. The summed E-state index contributed by atoms with van der Waals surface area (Å²) < 4.78 is 43.2. The van der Waals surface area contributed by atoms with Gasteiger partial charge in [-0.2, -0.15) is 18.3 Å². The van der Waals surface area contributed by atoms with Gasteiger partial charge < -0.3 is 10.6 Å². The van der Waals surface area contributed by atoms with Crippen molar-refractivity contribution < 1.29 is 18.0 Å². The van der Waals surface area contributed by atoms with Crippen LogP contribution in [0.2, 0.25) is 0 Å². The van der Waals surface area contributed by atoms with Crippen molar-refractivity contribution in [1.82, 2.24) is 15.1 Å². The predicted molar refractivity (Wildman–Crippen MR) is 115 cm³/mol.